The molecule has 0 atom stereocenters. The van der Waals surface area contributed by atoms with Gasteiger partial charge in [-0.05, 0) is 74.1 Å². The van der Waals surface area contributed by atoms with Crippen molar-refractivity contribution in [1.82, 2.24) is 14.3 Å². The van der Waals surface area contributed by atoms with Crippen LogP contribution in [0.25, 0.3) is 0 Å². The van der Waals surface area contributed by atoms with Gasteiger partial charge in [-0.1, -0.05) is 30.3 Å². The van der Waals surface area contributed by atoms with E-state index in [0.29, 0.717) is 42.9 Å². The van der Waals surface area contributed by atoms with Crippen LogP contribution >= 0.6 is 0 Å². The first-order valence-electron chi connectivity index (χ1n) is 13.5. The van der Waals surface area contributed by atoms with Crippen molar-refractivity contribution in [3.8, 4) is 0 Å². The second kappa shape index (κ2) is 12.0. The third kappa shape index (κ3) is 6.31. The number of piperidine rings is 2. The molecule has 2 aromatic carbocycles. The summed E-state index contributed by atoms with van der Waals surface area (Å²) in [7, 11) is -3.96. The molecule has 0 aliphatic carbocycles. The number of carboxylic acid groups (broad SMARTS) is 1. The molecular weight excluding hydrogens is 538 g/mol. The van der Waals surface area contributed by atoms with Crippen LogP contribution in [0.4, 0.5) is 14.7 Å². The maximum absolute atomic E-state index is 13.6. The van der Waals surface area contributed by atoms with Gasteiger partial charge in [-0.15, -0.1) is 0 Å². The SMILES string of the molecule is O=C(O)c1cnc(N2CCC(Cc3ccccc3)CC2)nc1CC1CCN(S(=O)(=O)c2ccc(F)c(F)c2)CC1. The first-order chi connectivity index (χ1) is 19.2. The third-order valence-electron chi connectivity index (χ3n) is 7.93. The second-order valence-corrected chi connectivity index (χ2v) is 12.5. The Bertz CT molecular complexity index is 1460. The Hall–Kier alpha value is -3.44. The highest BCUT2D eigenvalue weighted by atomic mass is 32.2. The van der Waals surface area contributed by atoms with E-state index in [9.17, 15) is 27.1 Å². The molecule has 1 aromatic heterocycles. The van der Waals surface area contributed by atoms with Crippen LogP contribution in [-0.2, 0) is 22.9 Å². The van der Waals surface area contributed by atoms with Gasteiger partial charge in [0.1, 0.15) is 0 Å². The fourth-order valence-corrected chi connectivity index (χ4v) is 7.07. The molecule has 0 bridgehead atoms. The van der Waals surface area contributed by atoms with E-state index >= 15 is 0 Å². The summed E-state index contributed by atoms with van der Waals surface area (Å²) in [5.74, 6) is -2.29. The Balaban J connectivity index is 1.22. The Labute approximate surface area is 232 Å². The minimum absolute atomic E-state index is 0.0221. The van der Waals surface area contributed by atoms with Gasteiger partial charge < -0.3 is 10.0 Å². The third-order valence-corrected chi connectivity index (χ3v) is 9.83. The molecule has 2 saturated heterocycles. The molecule has 5 rings (SSSR count). The van der Waals surface area contributed by atoms with Crippen molar-refractivity contribution in [2.45, 2.75) is 43.4 Å². The number of hydrogen-bond donors (Lipinski definition) is 1. The minimum Gasteiger partial charge on any atom is -0.478 e. The highest BCUT2D eigenvalue weighted by Crippen LogP contribution is 2.29. The molecule has 3 aromatic rings. The Morgan fingerprint density at radius 3 is 2.20 bits per heavy atom. The number of carboxylic acids is 1. The van der Waals surface area contributed by atoms with Crippen LogP contribution in [-0.4, -0.2) is 59.9 Å². The van der Waals surface area contributed by atoms with E-state index in [1.807, 2.05) is 6.07 Å². The first-order valence-corrected chi connectivity index (χ1v) is 15.0. The van der Waals surface area contributed by atoms with Crippen molar-refractivity contribution in [2.24, 2.45) is 11.8 Å². The lowest BCUT2D eigenvalue weighted by molar-refractivity contribution is 0.0694. The first kappa shape index (κ1) is 28.1. The van der Waals surface area contributed by atoms with E-state index < -0.39 is 27.6 Å². The predicted molar refractivity (Wildman–Crippen MR) is 146 cm³/mol. The Morgan fingerprint density at radius 2 is 1.55 bits per heavy atom. The topological polar surface area (TPSA) is 104 Å². The predicted octanol–water partition coefficient (Wildman–Crippen LogP) is 4.56. The molecule has 2 aliphatic heterocycles. The number of rotatable bonds is 8. The second-order valence-electron chi connectivity index (χ2n) is 10.6. The van der Waals surface area contributed by atoms with Gasteiger partial charge in [-0.3, -0.25) is 0 Å². The lowest BCUT2D eigenvalue weighted by Crippen LogP contribution is -2.39. The number of sulfonamides is 1. The van der Waals surface area contributed by atoms with E-state index in [1.165, 1.54) is 16.1 Å². The summed E-state index contributed by atoms with van der Waals surface area (Å²) in [5.41, 5.74) is 1.83. The van der Waals surface area contributed by atoms with Crippen LogP contribution in [0.1, 0.15) is 47.3 Å². The minimum atomic E-state index is -3.96. The summed E-state index contributed by atoms with van der Waals surface area (Å²) < 4.78 is 54.1. The van der Waals surface area contributed by atoms with Crippen molar-refractivity contribution in [1.29, 1.82) is 0 Å². The molecular formula is C29H32F2N4O4S. The van der Waals surface area contributed by atoms with Gasteiger partial charge in [-0.25, -0.2) is 32.0 Å². The quantitative estimate of drug-likeness (QED) is 0.424. The van der Waals surface area contributed by atoms with E-state index in [1.54, 1.807) is 0 Å². The highest BCUT2D eigenvalue weighted by Gasteiger charge is 2.31. The summed E-state index contributed by atoms with van der Waals surface area (Å²) in [4.78, 5) is 22.8. The van der Waals surface area contributed by atoms with Crippen molar-refractivity contribution in [3.63, 3.8) is 0 Å². The molecule has 2 aliphatic rings. The average molecular weight is 571 g/mol. The van der Waals surface area contributed by atoms with Crippen LogP contribution < -0.4 is 4.90 Å². The van der Waals surface area contributed by atoms with Crippen molar-refractivity contribution >= 4 is 21.9 Å². The zero-order valence-corrected chi connectivity index (χ0v) is 22.9. The maximum atomic E-state index is 13.6. The number of nitrogens with zero attached hydrogens (tertiary/aromatic N) is 4. The average Bonchev–Trinajstić information content (AvgIpc) is 2.95. The summed E-state index contributed by atoms with van der Waals surface area (Å²) in [6.07, 6.45) is 5.78. The van der Waals surface area contributed by atoms with E-state index in [2.05, 4.69) is 39.1 Å². The molecule has 0 unspecified atom stereocenters. The summed E-state index contributed by atoms with van der Waals surface area (Å²) >= 11 is 0. The normalized spacial score (nSPS) is 17.7. The molecule has 8 nitrogen and oxygen atoms in total. The van der Waals surface area contributed by atoms with Crippen LogP contribution in [0.3, 0.4) is 0 Å². The number of halogens is 2. The van der Waals surface area contributed by atoms with Gasteiger partial charge in [-0.2, -0.15) is 4.31 Å². The summed E-state index contributed by atoms with van der Waals surface area (Å²) in [6, 6.07) is 13.0. The van der Waals surface area contributed by atoms with Crippen LogP contribution in [0, 0.1) is 23.5 Å². The Morgan fingerprint density at radius 1 is 0.900 bits per heavy atom. The zero-order valence-electron chi connectivity index (χ0n) is 22.0. The molecule has 3 heterocycles. The van der Waals surface area contributed by atoms with Crippen molar-refractivity contribution in [3.05, 3.63) is 83.2 Å². The number of benzene rings is 2. The van der Waals surface area contributed by atoms with E-state index in [4.69, 9.17) is 0 Å². The number of anilines is 1. The van der Waals surface area contributed by atoms with Gasteiger partial charge in [0.05, 0.1) is 16.2 Å². The summed E-state index contributed by atoms with van der Waals surface area (Å²) in [5, 5.41) is 9.75. The molecule has 11 heteroatoms. The number of hydrogen-bond acceptors (Lipinski definition) is 6. The molecule has 1 N–H and O–H groups in total. The van der Waals surface area contributed by atoms with Gasteiger partial charge in [0.2, 0.25) is 16.0 Å². The van der Waals surface area contributed by atoms with Crippen LogP contribution in [0.5, 0.6) is 0 Å². The zero-order chi connectivity index (χ0) is 28.3. The van der Waals surface area contributed by atoms with Crippen molar-refractivity contribution < 1.29 is 27.1 Å². The molecule has 0 amide bonds. The standard InChI is InChI=1S/C29H32F2N4O4S/c30-25-7-6-23(18-26(25)31)40(38,39)35-14-10-22(11-15-35)17-27-24(28(36)37)19-32-29(33-27)34-12-8-21(9-13-34)16-20-4-2-1-3-5-20/h1-7,18-19,21-22H,8-17H2,(H,36,37). The van der Waals surface area contributed by atoms with Gasteiger partial charge in [0.25, 0.3) is 0 Å². The molecule has 0 spiro atoms. The molecule has 0 radical (unpaired) electrons. The number of aromatic carboxylic acids is 1. The fourth-order valence-electron chi connectivity index (χ4n) is 5.59. The highest BCUT2D eigenvalue weighted by molar-refractivity contribution is 7.89. The van der Waals surface area contributed by atoms with Crippen molar-refractivity contribution in [2.75, 3.05) is 31.1 Å². The molecule has 0 saturated carbocycles. The van der Waals surface area contributed by atoms with Crippen LogP contribution in [0.15, 0.2) is 59.6 Å². The maximum Gasteiger partial charge on any atom is 0.339 e. The summed E-state index contributed by atoms with van der Waals surface area (Å²) in [6.45, 7) is 1.98. The van der Waals surface area contributed by atoms with E-state index in [-0.39, 0.29) is 29.5 Å². The lowest BCUT2D eigenvalue weighted by Gasteiger charge is -2.33. The Kier molecular flexibility index (Phi) is 8.41. The molecule has 212 valence electrons. The number of aromatic nitrogens is 2. The molecule has 2 fully saturated rings. The fraction of sp³-hybridized carbons (Fsp3) is 0.414. The smallest absolute Gasteiger partial charge is 0.339 e. The monoisotopic (exact) mass is 570 g/mol. The number of carbonyl (C=O) groups is 1. The van der Waals surface area contributed by atoms with E-state index in [0.717, 1.165) is 44.5 Å². The largest absolute Gasteiger partial charge is 0.478 e. The lowest BCUT2D eigenvalue weighted by atomic mass is 9.90. The van der Waals surface area contributed by atoms with Gasteiger partial charge >= 0.3 is 5.97 Å². The van der Waals surface area contributed by atoms with Crippen LogP contribution in [0.2, 0.25) is 0 Å². The molecule has 40 heavy (non-hydrogen) atoms. The van der Waals surface area contributed by atoms with Gasteiger partial charge in [0, 0.05) is 32.4 Å². The van der Waals surface area contributed by atoms with Gasteiger partial charge in [0.15, 0.2) is 11.6 Å².